The van der Waals surface area contributed by atoms with Gasteiger partial charge in [-0.25, -0.2) is 9.37 Å². The number of aromatic nitrogens is 1. The van der Waals surface area contributed by atoms with E-state index in [0.717, 1.165) is 17.4 Å². The van der Waals surface area contributed by atoms with Crippen molar-refractivity contribution in [3.8, 4) is 5.75 Å². The summed E-state index contributed by atoms with van der Waals surface area (Å²) in [4.78, 5) is 4.14. The number of phenolic OH excluding ortho intramolecular Hbond substituents is 1. The summed E-state index contributed by atoms with van der Waals surface area (Å²) in [6.07, 6.45) is 0. The minimum atomic E-state index is -0.460. The van der Waals surface area contributed by atoms with E-state index in [-0.39, 0.29) is 11.8 Å². The van der Waals surface area contributed by atoms with Crippen LogP contribution in [-0.2, 0) is 0 Å². The van der Waals surface area contributed by atoms with Crippen molar-refractivity contribution in [2.24, 2.45) is 0 Å². The quantitative estimate of drug-likeness (QED) is 0.834. The highest BCUT2D eigenvalue weighted by atomic mass is 35.5. The van der Waals surface area contributed by atoms with Crippen LogP contribution in [0.1, 0.15) is 24.2 Å². The highest BCUT2D eigenvalue weighted by molar-refractivity contribution is 6.29. The van der Waals surface area contributed by atoms with E-state index < -0.39 is 5.82 Å². The van der Waals surface area contributed by atoms with Gasteiger partial charge < -0.3 is 10.4 Å². The predicted molar refractivity (Wildman–Crippen MR) is 74.1 cm³/mol. The Bertz CT molecular complexity index is 604. The maximum Gasteiger partial charge on any atom is 0.129 e. The molecule has 100 valence electrons. The Balaban J connectivity index is 2.23. The van der Waals surface area contributed by atoms with Gasteiger partial charge >= 0.3 is 0 Å². The van der Waals surface area contributed by atoms with E-state index in [9.17, 15) is 9.50 Å². The molecule has 2 aromatic rings. The molecule has 1 heterocycles. The number of aryl methyl sites for hydroxylation is 1. The van der Waals surface area contributed by atoms with Gasteiger partial charge in [0.1, 0.15) is 16.7 Å². The van der Waals surface area contributed by atoms with E-state index in [0.29, 0.717) is 10.7 Å². The first-order chi connectivity index (χ1) is 8.97. The third-order valence-corrected chi connectivity index (χ3v) is 3.09. The van der Waals surface area contributed by atoms with Crippen LogP contribution < -0.4 is 5.32 Å². The zero-order valence-electron chi connectivity index (χ0n) is 10.6. The Morgan fingerprint density at radius 3 is 2.68 bits per heavy atom. The molecule has 0 radical (unpaired) electrons. The van der Waals surface area contributed by atoms with Crippen LogP contribution in [-0.4, -0.2) is 10.1 Å². The van der Waals surface area contributed by atoms with Crippen LogP contribution in [0, 0.1) is 12.7 Å². The van der Waals surface area contributed by atoms with Crippen LogP contribution >= 0.6 is 11.6 Å². The van der Waals surface area contributed by atoms with Gasteiger partial charge in [-0.15, -0.1) is 0 Å². The number of anilines is 1. The molecule has 1 aromatic heterocycles. The molecule has 1 aromatic carbocycles. The molecule has 0 amide bonds. The van der Waals surface area contributed by atoms with Gasteiger partial charge in [0, 0.05) is 11.6 Å². The van der Waals surface area contributed by atoms with Gasteiger partial charge in [0.25, 0.3) is 0 Å². The zero-order chi connectivity index (χ0) is 14.0. The van der Waals surface area contributed by atoms with Crippen molar-refractivity contribution in [1.29, 1.82) is 0 Å². The number of benzene rings is 1. The van der Waals surface area contributed by atoms with E-state index in [2.05, 4.69) is 10.3 Å². The van der Waals surface area contributed by atoms with Crippen molar-refractivity contribution in [2.75, 3.05) is 5.32 Å². The van der Waals surface area contributed by atoms with Crippen LogP contribution in [0.3, 0.4) is 0 Å². The third-order valence-electron chi connectivity index (χ3n) is 2.88. The fourth-order valence-corrected chi connectivity index (χ4v) is 2.07. The maximum atomic E-state index is 12.9. The monoisotopic (exact) mass is 280 g/mol. The van der Waals surface area contributed by atoms with Crippen molar-refractivity contribution in [1.82, 2.24) is 4.98 Å². The minimum absolute atomic E-state index is 0.0698. The number of phenols is 1. The fraction of sp³-hybridized carbons (Fsp3) is 0.214. The lowest BCUT2D eigenvalue weighted by Crippen LogP contribution is -2.08. The van der Waals surface area contributed by atoms with Gasteiger partial charge in [-0.3, -0.25) is 0 Å². The van der Waals surface area contributed by atoms with Gasteiger partial charge in [0.15, 0.2) is 0 Å². The molecule has 0 aliphatic carbocycles. The summed E-state index contributed by atoms with van der Waals surface area (Å²) in [5.74, 6) is -0.530. The highest BCUT2D eigenvalue weighted by Crippen LogP contribution is 2.28. The number of hydrogen-bond donors (Lipinski definition) is 2. The highest BCUT2D eigenvalue weighted by Gasteiger charge is 2.12. The van der Waals surface area contributed by atoms with E-state index in [4.69, 9.17) is 11.6 Å². The topological polar surface area (TPSA) is 45.2 Å². The van der Waals surface area contributed by atoms with Gasteiger partial charge in [-0.1, -0.05) is 17.7 Å². The molecular weight excluding hydrogens is 267 g/mol. The number of halogens is 2. The number of nitrogens with zero attached hydrogens (tertiary/aromatic N) is 1. The maximum absolute atomic E-state index is 12.9. The van der Waals surface area contributed by atoms with Crippen molar-refractivity contribution >= 4 is 17.3 Å². The molecule has 1 atom stereocenters. The Kier molecular flexibility index (Phi) is 3.90. The Hall–Kier alpha value is -1.81. The molecular formula is C14H14ClFN2O. The Labute approximate surface area is 116 Å². The summed E-state index contributed by atoms with van der Waals surface area (Å²) in [6, 6.07) is 7.31. The Morgan fingerprint density at radius 1 is 1.32 bits per heavy atom. The molecule has 2 N–H and O–H groups in total. The number of pyridine rings is 1. The van der Waals surface area contributed by atoms with E-state index in [1.165, 1.54) is 6.07 Å². The van der Waals surface area contributed by atoms with Crippen molar-refractivity contribution in [2.45, 2.75) is 19.9 Å². The first-order valence-electron chi connectivity index (χ1n) is 5.85. The van der Waals surface area contributed by atoms with Crippen LogP contribution in [0.2, 0.25) is 5.15 Å². The lowest BCUT2D eigenvalue weighted by Gasteiger charge is -2.18. The minimum Gasteiger partial charge on any atom is -0.507 e. The van der Waals surface area contributed by atoms with Crippen molar-refractivity contribution in [3.63, 3.8) is 0 Å². The molecule has 2 rings (SSSR count). The largest absolute Gasteiger partial charge is 0.507 e. The number of nitrogens with one attached hydrogen (secondary N) is 1. The first kappa shape index (κ1) is 13.6. The third kappa shape index (κ3) is 3.15. The molecule has 5 heteroatoms. The number of aromatic hydroxyl groups is 1. The van der Waals surface area contributed by atoms with E-state index in [1.807, 2.05) is 19.9 Å². The fourth-order valence-electron chi connectivity index (χ4n) is 1.88. The standard InChI is InChI=1S/C14H14ClFN2O/c1-8(11-4-3-10(16)7-13(11)19)17-12-5-6-14(15)18-9(12)2/h3-8,17,19H,1-2H3. The first-order valence-corrected chi connectivity index (χ1v) is 6.23. The SMILES string of the molecule is Cc1nc(Cl)ccc1NC(C)c1ccc(F)cc1O. The Morgan fingerprint density at radius 2 is 2.05 bits per heavy atom. The molecule has 0 saturated carbocycles. The second-order valence-electron chi connectivity index (χ2n) is 4.34. The molecule has 0 bridgehead atoms. The number of hydrogen-bond acceptors (Lipinski definition) is 3. The van der Waals surface area contributed by atoms with Crippen LogP contribution in [0.5, 0.6) is 5.75 Å². The summed E-state index contributed by atoms with van der Waals surface area (Å²) in [6.45, 7) is 3.71. The lowest BCUT2D eigenvalue weighted by atomic mass is 10.1. The molecule has 0 saturated heterocycles. The average molecular weight is 281 g/mol. The van der Waals surface area contributed by atoms with Gasteiger partial charge in [-0.05, 0) is 32.0 Å². The summed E-state index contributed by atoms with van der Waals surface area (Å²) < 4.78 is 12.9. The van der Waals surface area contributed by atoms with Gasteiger partial charge in [-0.2, -0.15) is 0 Å². The van der Waals surface area contributed by atoms with E-state index >= 15 is 0 Å². The molecule has 0 aliphatic heterocycles. The zero-order valence-corrected chi connectivity index (χ0v) is 11.4. The smallest absolute Gasteiger partial charge is 0.129 e. The van der Waals surface area contributed by atoms with Gasteiger partial charge in [0.05, 0.1) is 17.4 Å². The summed E-state index contributed by atoms with van der Waals surface area (Å²) in [7, 11) is 0. The average Bonchev–Trinajstić information content (AvgIpc) is 2.32. The molecule has 3 nitrogen and oxygen atoms in total. The molecule has 0 spiro atoms. The normalized spacial score (nSPS) is 12.2. The van der Waals surface area contributed by atoms with Crippen LogP contribution in [0.25, 0.3) is 0 Å². The summed E-state index contributed by atoms with van der Waals surface area (Å²) in [5, 5.41) is 13.4. The second kappa shape index (κ2) is 5.45. The predicted octanol–water partition coefficient (Wildman–Crippen LogP) is 4.06. The molecule has 19 heavy (non-hydrogen) atoms. The van der Waals surface area contributed by atoms with Crippen LogP contribution in [0.15, 0.2) is 30.3 Å². The molecule has 1 unspecified atom stereocenters. The lowest BCUT2D eigenvalue weighted by molar-refractivity contribution is 0.459. The summed E-state index contributed by atoms with van der Waals surface area (Å²) >= 11 is 5.79. The van der Waals surface area contributed by atoms with Gasteiger partial charge in [0.2, 0.25) is 0 Å². The van der Waals surface area contributed by atoms with Crippen molar-refractivity contribution < 1.29 is 9.50 Å². The van der Waals surface area contributed by atoms with Crippen molar-refractivity contribution in [3.05, 3.63) is 52.6 Å². The molecule has 0 fully saturated rings. The molecule has 0 aliphatic rings. The van der Waals surface area contributed by atoms with E-state index in [1.54, 1.807) is 12.1 Å². The van der Waals surface area contributed by atoms with Crippen LogP contribution in [0.4, 0.5) is 10.1 Å². The summed E-state index contributed by atoms with van der Waals surface area (Å²) in [5.41, 5.74) is 2.21. The number of rotatable bonds is 3. The second-order valence-corrected chi connectivity index (χ2v) is 4.72.